The summed E-state index contributed by atoms with van der Waals surface area (Å²) in [5.74, 6) is 1.31. The zero-order valence-electron chi connectivity index (χ0n) is 16.7. The third-order valence-electron chi connectivity index (χ3n) is 9.17. The van der Waals surface area contributed by atoms with Crippen molar-refractivity contribution in [1.82, 2.24) is 0 Å². The van der Waals surface area contributed by atoms with E-state index in [9.17, 15) is 5.11 Å². The predicted molar refractivity (Wildman–Crippen MR) is 105 cm³/mol. The van der Waals surface area contributed by atoms with Crippen molar-refractivity contribution in [2.24, 2.45) is 28.1 Å². The second-order valence-electron chi connectivity index (χ2n) is 10.3. The third kappa shape index (κ3) is 2.18. The molecule has 2 heteroatoms. The molecule has 25 heavy (non-hydrogen) atoms. The monoisotopic (exact) mass is 362 g/mol. The quantitative estimate of drug-likeness (QED) is 0.521. The van der Waals surface area contributed by atoms with Crippen molar-refractivity contribution in [3.63, 3.8) is 0 Å². The molecule has 4 rings (SSSR count). The molecule has 1 nitrogen and oxygen atoms in total. The second kappa shape index (κ2) is 5.38. The lowest BCUT2D eigenvalue weighted by molar-refractivity contribution is -0.117. The Labute approximate surface area is 158 Å². The Kier molecular flexibility index (Phi) is 3.90. The summed E-state index contributed by atoms with van der Waals surface area (Å²) in [6, 6.07) is 0. The molecule has 5 atom stereocenters. The van der Waals surface area contributed by atoms with Crippen molar-refractivity contribution < 1.29 is 5.11 Å². The van der Waals surface area contributed by atoms with Gasteiger partial charge >= 0.3 is 0 Å². The van der Waals surface area contributed by atoms with Crippen LogP contribution in [0.15, 0.2) is 22.8 Å². The lowest BCUT2D eigenvalue weighted by Crippen LogP contribution is -2.57. The standard InChI is InChI=1S/C23H35ClO/c1-6-15-7-9-17-16-8-10-19-20(2,3)23(24,25)14-13-22(19,5)18(16)11-12-21(15,17)4/h9,15,19,25H,6-8,10-14H2,1-5H3/t15-,19?,21+,22+,23-/m0/s1. The van der Waals surface area contributed by atoms with Crippen molar-refractivity contribution >= 4 is 11.6 Å². The number of hydrogen-bond donors (Lipinski definition) is 1. The first-order valence-electron chi connectivity index (χ1n) is 10.4. The smallest absolute Gasteiger partial charge is 0.144 e. The van der Waals surface area contributed by atoms with Crippen LogP contribution in [-0.2, 0) is 0 Å². The van der Waals surface area contributed by atoms with E-state index in [2.05, 4.69) is 40.7 Å². The van der Waals surface area contributed by atoms with Gasteiger partial charge in [0.15, 0.2) is 0 Å². The Morgan fingerprint density at radius 2 is 1.80 bits per heavy atom. The predicted octanol–water partition coefficient (Wildman–Crippen LogP) is 6.60. The first kappa shape index (κ1) is 18.1. The SMILES string of the molecule is CC[C@H]1CC=C2C3=C(CC[C@@]21C)[C@@]1(C)CC[C@@](O)(Cl)C(C)(C)C1CC3. The fraction of sp³-hybridized carbons (Fsp3) is 0.826. The highest BCUT2D eigenvalue weighted by atomic mass is 35.5. The fourth-order valence-electron chi connectivity index (χ4n) is 7.33. The number of fused-ring (bicyclic) bond motifs is 4. The molecule has 0 aromatic rings. The van der Waals surface area contributed by atoms with Gasteiger partial charge in [-0.15, -0.1) is 0 Å². The van der Waals surface area contributed by atoms with Crippen LogP contribution in [0.25, 0.3) is 0 Å². The average Bonchev–Trinajstić information content (AvgIpc) is 2.88. The molecule has 4 aliphatic rings. The minimum Gasteiger partial charge on any atom is -0.374 e. The summed E-state index contributed by atoms with van der Waals surface area (Å²) in [6.07, 6.45) is 11.8. The van der Waals surface area contributed by atoms with Crippen molar-refractivity contribution in [3.05, 3.63) is 22.8 Å². The highest BCUT2D eigenvalue weighted by Gasteiger charge is 2.61. The van der Waals surface area contributed by atoms with Crippen LogP contribution in [0.4, 0.5) is 0 Å². The van der Waals surface area contributed by atoms with Gasteiger partial charge in [0.05, 0.1) is 0 Å². The van der Waals surface area contributed by atoms with E-state index in [-0.39, 0.29) is 10.8 Å². The number of aliphatic hydroxyl groups is 1. The maximum absolute atomic E-state index is 10.8. The summed E-state index contributed by atoms with van der Waals surface area (Å²) >= 11 is 6.60. The van der Waals surface area contributed by atoms with Gasteiger partial charge in [0.25, 0.3) is 0 Å². The summed E-state index contributed by atoms with van der Waals surface area (Å²) in [5, 5.41) is 9.79. The molecule has 1 unspecified atom stereocenters. The molecule has 0 aromatic heterocycles. The van der Waals surface area contributed by atoms with E-state index in [1.807, 2.05) is 0 Å². The number of rotatable bonds is 1. The first-order valence-corrected chi connectivity index (χ1v) is 10.8. The molecule has 1 fully saturated rings. The Morgan fingerprint density at radius 3 is 2.48 bits per heavy atom. The molecule has 0 spiro atoms. The van der Waals surface area contributed by atoms with E-state index in [1.54, 1.807) is 16.7 Å². The molecule has 1 N–H and O–H groups in total. The molecule has 4 aliphatic carbocycles. The van der Waals surface area contributed by atoms with E-state index in [4.69, 9.17) is 11.6 Å². The van der Waals surface area contributed by atoms with Gasteiger partial charge in [-0.2, -0.15) is 0 Å². The summed E-state index contributed by atoms with van der Waals surface area (Å²) in [5.41, 5.74) is 5.52. The number of halogens is 1. The van der Waals surface area contributed by atoms with Crippen LogP contribution in [0.3, 0.4) is 0 Å². The van der Waals surface area contributed by atoms with Crippen LogP contribution in [0.2, 0.25) is 0 Å². The van der Waals surface area contributed by atoms with Crippen LogP contribution in [-0.4, -0.2) is 10.2 Å². The summed E-state index contributed by atoms with van der Waals surface area (Å²) in [6.45, 7) is 11.8. The molecule has 0 aliphatic heterocycles. The topological polar surface area (TPSA) is 20.2 Å². The van der Waals surface area contributed by atoms with Gasteiger partial charge < -0.3 is 5.11 Å². The first-order chi connectivity index (χ1) is 11.6. The highest BCUT2D eigenvalue weighted by molar-refractivity contribution is 6.23. The van der Waals surface area contributed by atoms with Crippen molar-refractivity contribution in [2.75, 3.05) is 0 Å². The highest BCUT2D eigenvalue weighted by Crippen LogP contribution is 2.68. The number of alkyl halides is 1. The lowest BCUT2D eigenvalue weighted by atomic mass is 9.46. The van der Waals surface area contributed by atoms with E-state index in [1.165, 1.54) is 38.5 Å². The Hall–Kier alpha value is -0.270. The molecule has 0 bridgehead atoms. The zero-order chi connectivity index (χ0) is 18.3. The molecular formula is C23H35ClO. The lowest BCUT2D eigenvalue weighted by Gasteiger charge is -2.61. The molecule has 0 amide bonds. The van der Waals surface area contributed by atoms with Gasteiger partial charge in [-0.1, -0.05) is 64.3 Å². The van der Waals surface area contributed by atoms with Gasteiger partial charge in [-0.25, -0.2) is 0 Å². The normalized spacial score (nSPS) is 48.5. The summed E-state index contributed by atoms with van der Waals surface area (Å²) in [7, 11) is 0. The van der Waals surface area contributed by atoms with Crippen molar-refractivity contribution in [2.45, 2.75) is 91.0 Å². The second-order valence-corrected chi connectivity index (χ2v) is 10.9. The Bertz CT molecular complexity index is 655. The largest absolute Gasteiger partial charge is 0.374 e. The van der Waals surface area contributed by atoms with Gasteiger partial charge in [0.2, 0.25) is 0 Å². The van der Waals surface area contributed by atoms with Gasteiger partial charge in [-0.05, 0) is 78.8 Å². The van der Waals surface area contributed by atoms with Gasteiger partial charge in [0.1, 0.15) is 5.06 Å². The summed E-state index contributed by atoms with van der Waals surface area (Å²) in [4.78, 5) is 0. The maximum atomic E-state index is 10.8. The van der Waals surface area contributed by atoms with Crippen LogP contribution in [0.1, 0.15) is 86.0 Å². The molecule has 140 valence electrons. The zero-order valence-corrected chi connectivity index (χ0v) is 17.5. The van der Waals surface area contributed by atoms with E-state index in [0.29, 0.717) is 17.8 Å². The molecule has 0 radical (unpaired) electrons. The van der Waals surface area contributed by atoms with Gasteiger partial charge in [0, 0.05) is 5.41 Å². The van der Waals surface area contributed by atoms with Gasteiger partial charge in [-0.3, -0.25) is 0 Å². The van der Waals surface area contributed by atoms with E-state index in [0.717, 1.165) is 12.3 Å². The number of allylic oxidation sites excluding steroid dienone is 4. The summed E-state index contributed by atoms with van der Waals surface area (Å²) < 4.78 is 0. The fourth-order valence-corrected chi connectivity index (χ4v) is 7.55. The number of hydrogen-bond acceptors (Lipinski definition) is 1. The minimum atomic E-state index is -1.06. The van der Waals surface area contributed by atoms with Crippen LogP contribution < -0.4 is 0 Å². The van der Waals surface area contributed by atoms with E-state index < -0.39 is 5.06 Å². The molecule has 1 saturated carbocycles. The maximum Gasteiger partial charge on any atom is 0.144 e. The minimum absolute atomic E-state index is 0.213. The molecular weight excluding hydrogens is 328 g/mol. The van der Waals surface area contributed by atoms with Crippen molar-refractivity contribution in [1.29, 1.82) is 0 Å². The molecule has 0 saturated heterocycles. The Balaban J connectivity index is 1.78. The van der Waals surface area contributed by atoms with Crippen LogP contribution >= 0.6 is 11.6 Å². The molecule has 0 heterocycles. The van der Waals surface area contributed by atoms with E-state index >= 15 is 0 Å². The van der Waals surface area contributed by atoms with Crippen LogP contribution in [0.5, 0.6) is 0 Å². The molecule has 0 aromatic carbocycles. The average molecular weight is 363 g/mol. The third-order valence-corrected chi connectivity index (χ3v) is 9.85. The van der Waals surface area contributed by atoms with Crippen molar-refractivity contribution in [3.8, 4) is 0 Å². The van der Waals surface area contributed by atoms with Crippen LogP contribution in [0, 0.1) is 28.1 Å². The Morgan fingerprint density at radius 1 is 1.08 bits per heavy atom.